The topological polar surface area (TPSA) is 86.0 Å². The minimum absolute atomic E-state index is 0.0547. The number of rotatable bonds is 4. The van der Waals surface area contributed by atoms with Gasteiger partial charge in [0.1, 0.15) is 11.4 Å². The molecular weight excluding hydrogens is 254 g/mol. The van der Waals surface area contributed by atoms with Crippen LogP contribution in [0.3, 0.4) is 0 Å². The van der Waals surface area contributed by atoms with E-state index in [1.165, 1.54) is 30.2 Å². The molecule has 0 saturated carbocycles. The first kappa shape index (κ1) is 12.2. The van der Waals surface area contributed by atoms with Gasteiger partial charge in [-0.05, 0) is 18.2 Å². The summed E-state index contributed by atoms with van der Waals surface area (Å²) < 4.78 is 0. The first-order valence-corrected chi connectivity index (χ1v) is 5.70. The van der Waals surface area contributed by atoms with Crippen LogP contribution in [0.1, 0.15) is 10.4 Å². The number of aromatic nitrogens is 2. The van der Waals surface area contributed by atoms with E-state index in [2.05, 4.69) is 9.97 Å². The van der Waals surface area contributed by atoms with Crippen molar-refractivity contribution in [3.63, 3.8) is 0 Å². The summed E-state index contributed by atoms with van der Waals surface area (Å²) in [6.45, 7) is 0. The minimum atomic E-state index is -0.580. The molecule has 1 aromatic heterocycles. The molecule has 90 valence electrons. The molecule has 0 atom stereocenters. The fraction of sp³-hybridized carbons (Fsp3) is 0. The molecule has 0 N–H and O–H groups in total. The Labute approximate surface area is 106 Å². The molecular formula is C11H7N3O3S. The summed E-state index contributed by atoms with van der Waals surface area (Å²) in [6.07, 6.45) is 3.48. The average Bonchev–Trinajstić information content (AvgIpc) is 2.39. The lowest BCUT2D eigenvalue weighted by molar-refractivity contribution is -0.385. The Bertz CT molecular complexity index is 589. The zero-order valence-electron chi connectivity index (χ0n) is 9.02. The van der Waals surface area contributed by atoms with E-state index in [1.54, 1.807) is 18.3 Å². The summed E-state index contributed by atoms with van der Waals surface area (Å²) >= 11 is 1.30. The van der Waals surface area contributed by atoms with Crippen LogP contribution in [0, 0.1) is 10.1 Å². The fourth-order valence-corrected chi connectivity index (χ4v) is 2.11. The molecule has 1 aromatic carbocycles. The van der Waals surface area contributed by atoms with Crippen molar-refractivity contribution in [1.82, 2.24) is 9.97 Å². The van der Waals surface area contributed by atoms with Crippen molar-refractivity contribution in [3.05, 3.63) is 52.5 Å². The third-order valence-corrected chi connectivity index (χ3v) is 3.04. The van der Waals surface area contributed by atoms with Gasteiger partial charge in [-0.1, -0.05) is 11.8 Å². The van der Waals surface area contributed by atoms with Gasteiger partial charge in [0, 0.05) is 17.2 Å². The molecule has 0 radical (unpaired) electrons. The second-order valence-corrected chi connectivity index (χ2v) is 4.34. The quantitative estimate of drug-likeness (QED) is 0.363. The van der Waals surface area contributed by atoms with Crippen LogP contribution in [0.25, 0.3) is 0 Å². The predicted molar refractivity (Wildman–Crippen MR) is 64.6 cm³/mol. The van der Waals surface area contributed by atoms with Crippen LogP contribution in [0.15, 0.2) is 46.7 Å². The van der Waals surface area contributed by atoms with Crippen LogP contribution in [0.5, 0.6) is 0 Å². The van der Waals surface area contributed by atoms with Crippen LogP contribution in [-0.2, 0) is 0 Å². The van der Waals surface area contributed by atoms with E-state index in [0.717, 1.165) is 0 Å². The fourth-order valence-electron chi connectivity index (χ4n) is 1.32. The molecule has 0 amide bonds. The maximum Gasteiger partial charge on any atom is 0.279 e. The first-order valence-electron chi connectivity index (χ1n) is 4.88. The number of benzene rings is 1. The molecule has 18 heavy (non-hydrogen) atoms. The highest BCUT2D eigenvalue weighted by molar-refractivity contribution is 7.99. The van der Waals surface area contributed by atoms with Gasteiger partial charge >= 0.3 is 0 Å². The van der Waals surface area contributed by atoms with Gasteiger partial charge in [-0.3, -0.25) is 14.9 Å². The number of hydrogen-bond acceptors (Lipinski definition) is 6. The maximum absolute atomic E-state index is 10.8. The number of nitro benzene ring substituents is 1. The van der Waals surface area contributed by atoms with E-state index in [4.69, 9.17) is 0 Å². The lowest BCUT2D eigenvalue weighted by Gasteiger charge is -2.01. The van der Waals surface area contributed by atoms with E-state index in [0.29, 0.717) is 16.2 Å². The molecule has 7 heteroatoms. The van der Waals surface area contributed by atoms with Crippen LogP contribution in [0.4, 0.5) is 5.69 Å². The summed E-state index contributed by atoms with van der Waals surface area (Å²) in [5.41, 5.74) is -0.143. The summed E-state index contributed by atoms with van der Waals surface area (Å²) in [5, 5.41) is 11.4. The largest absolute Gasteiger partial charge is 0.298 e. The van der Waals surface area contributed by atoms with Gasteiger partial charge in [0.25, 0.3) is 5.69 Å². The Balaban J connectivity index is 2.31. The minimum Gasteiger partial charge on any atom is -0.298 e. The monoisotopic (exact) mass is 261 g/mol. The molecule has 0 saturated heterocycles. The number of carbonyl (C=O) groups excluding carboxylic acids is 1. The third kappa shape index (κ3) is 2.69. The third-order valence-electron chi connectivity index (χ3n) is 2.10. The molecule has 0 spiro atoms. The molecule has 0 aliphatic heterocycles. The number of nitro groups is 1. The van der Waals surface area contributed by atoms with E-state index >= 15 is 0 Å². The Morgan fingerprint density at radius 2 is 2.17 bits per heavy atom. The van der Waals surface area contributed by atoms with Crippen molar-refractivity contribution in [1.29, 1.82) is 0 Å². The van der Waals surface area contributed by atoms with Crippen LogP contribution in [-0.4, -0.2) is 21.2 Å². The zero-order valence-corrected chi connectivity index (χ0v) is 9.83. The second kappa shape index (κ2) is 5.37. The smallest absolute Gasteiger partial charge is 0.279 e. The lowest BCUT2D eigenvalue weighted by Crippen LogP contribution is -1.94. The van der Waals surface area contributed by atoms with Crippen molar-refractivity contribution in [3.8, 4) is 0 Å². The van der Waals surface area contributed by atoms with E-state index in [1.807, 2.05) is 0 Å². The summed E-state index contributed by atoms with van der Waals surface area (Å²) in [5.74, 6) is 0. The molecule has 0 fully saturated rings. The Morgan fingerprint density at radius 1 is 1.33 bits per heavy atom. The summed E-state index contributed by atoms with van der Waals surface area (Å²) in [6, 6.07) is 6.08. The predicted octanol–water partition coefficient (Wildman–Crippen LogP) is 2.35. The van der Waals surface area contributed by atoms with Crippen molar-refractivity contribution in [2.24, 2.45) is 0 Å². The Morgan fingerprint density at radius 3 is 2.78 bits per heavy atom. The normalized spacial score (nSPS) is 10.0. The van der Waals surface area contributed by atoms with Crippen LogP contribution >= 0.6 is 11.8 Å². The first-order chi connectivity index (χ1) is 8.70. The van der Waals surface area contributed by atoms with Crippen LogP contribution in [0.2, 0.25) is 0 Å². The molecule has 0 unspecified atom stereocenters. The van der Waals surface area contributed by atoms with Crippen molar-refractivity contribution < 1.29 is 9.72 Å². The van der Waals surface area contributed by atoms with E-state index in [9.17, 15) is 14.9 Å². The number of aldehydes is 1. The zero-order chi connectivity index (χ0) is 13.0. The highest BCUT2D eigenvalue weighted by atomic mass is 32.2. The molecule has 2 rings (SSSR count). The summed E-state index contributed by atoms with van der Waals surface area (Å²) in [7, 11) is 0. The number of nitrogens with zero attached hydrogens (tertiary/aromatic N) is 3. The van der Waals surface area contributed by atoms with Crippen molar-refractivity contribution in [2.45, 2.75) is 9.92 Å². The molecule has 0 aliphatic rings. The van der Waals surface area contributed by atoms with Crippen molar-refractivity contribution in [2.75, 3.05) is 0 Å². The molecule has 0 aliphatic carbocycles. The molecule has 1 heterocycles. The van der Waals surface area contributed by atoms with Gasteiger partial charge in [-0.15, -0.1) is 0 Å². The molecule has 2 aromatic rings. The molecule has 0 bridgehead atoms. The number of carbonyl (C=O) groups is 1. The second-order valence-electron chi connectivity index (χ2n) is 3.25. The van der Waals surface area contributed by atoms with E-state index in [-0.39, 0.29) is 11.3 Å². The number of hydrogen-bond donors (Lipinski definition) is 0. The summed E-state index contributed by atoms with van der Waals surface area (Å²) in [4.78, 5) is 29.4. The SMILES string of the molecule is O=Cc1cc(Sc2ccncn2)ccc1[N+](=O)[O-]. The van der Waals surface area contributed by atoms with Crippen LogP contribution < -0.4 is 0 Å². The van der Waals surface area contributed by atoms with Gasteiger partial charge in [-0.2, -0.15) is 0 Å². The standard InChI is InChI=1S/C11H7N3O3S/c15-6-8-5-9(1-2-10(8)14(16)17)18-11-3-4-12-7-13-11/h1-7H. The highest BCUT2D eigenvalue weighted by Crippen LogP contribution is 2.29. The van der Waals surface area contributed by atoms with Crippen molar-refractivity contribution >= 4 is 23.7 Å². The van der Waals surface area contributed by atoms with Gasteiger partial charge in [0.15, 0.2) is 6.29 Å². The molecule has 6 nitrogen and oxygen atoms in total. The average molecular weight is 261 g/mol. The van der Waals surface area contributed by atoms with Gasteiger partial charge in [0.05, 0.1) is 10.5 Å². The van der Waals surface area contributed by atoms with E-state index < -0.39 is 4.92 Å². The highest BCUT2D eigenvalue weighted by Gasteiger charge is 2.13. The lowest BCUT2D eigenvalue weighted by atomic mass is 10.2. The Hall–Kier alpha value is -2.28. The van der Waals surface area contributed by atoms with Gasteiger partial charge in [-0.25, -0.2) is 9.97 Å². The van der Waals surface area contributed by atoms with Gasteiger partial charge in [0.2, 0.25) is 0 Å². The Kier molecular flexibility index (Phi) is 3.63. The van der Waals surface area contributed by atoms with Gasteiger partial charge < -0.3 is 0 Å². The maximum atomic E-state index is 10.8.